The van der Waals surface area contributed by atoms with E-state index in [9.17, 15) is 8.78 Å². The van der Waals surface area contributed by atoms with E-state index in [1.165, 1.54) is 17.4 Å². The Morgan fingerprint density at radius 3 is 2.75 bits per heavy atom. The number of fused-ring (bicyclic) bond motifs is 1. The molecule has 0 atom stereocenters. The fraction of sp³-hybridized carbons (Fsp3) is 0.0769. The summed E-state index contributed by atoms with van der Waals surface area (Å²) in [6.07, 6.45) is 1.55. The summed E-state index contributed by atoms with van der Waals surface area (Å²) >= 11 is 7.28. The fourth-order valence-corrected chi connectivity index (χ4v) is 3.02. The molecule has 0 aliphatic carbocycles. The van der Waals surface area contributed by atoms with Gasteiger partial charge in [0.1, 0.15) is 15.9 Å². The van der Waals surface area contributed by atoms with Gasteiger partial charge in [0.05, 0.1) is 15.8 Å². The molecule has 0 aliphatic heterocycles. The molecule has 0 unspecified atom stereocenters. The summed E-state index contributed by atoms with van der Waals surface area (Å²) in [5, 5.41) is 0.907. The molecule has 0 saturated heterocycles. The van der Waals surface area contributed by atoms with Crippen LogP contribution in [0, 0.1) is 0 Å². The molecule has 0 saturated carbocycles. The summed E-state index contributed by atoms with van der Waals surface area (Å²) in [6.45, 7) is -2.88. The van der Waals surface area contributed by atoms with Crippen LogP contribution in [-0.4, -0.2) is 16.6 Å². The molecule has 2 heterocycles. The maximum atomic E-state index is 12.4. The van der Waals surface area contributed by atoms with Crippen molar-refractivity contribution >= 4 is 33.2 Å². The molecule has 0 bridgehead atoms. The average Bonchev–Trinajstić information content (AvgIpc) is 2.84. The highest BCUT2D eigenvalue weighted by atomic mass is 35.5. The average molecular weight is 313 g/mol. The Hall–Kier alpha value is -1.79. The van der Waals surface area contributed by atoms with Gasteiger partial charge in [0, 0.05) is 6.20 Å². The number of halogens is 3. The van der Waals surface area contributed by atoms with Gasteiger partial charge in [0.15, 0.2) is 0 Å². The third-order valence-electron chi connectivity index (χ3n) is 2.59. The molecule has 0 N–H and O–H groups in total. The molecule has 2 aromatic heterocycles. The third kappa shape index (κ3) is 2.44. The van der Waals surface area contributed by atoms with Gasteiger partial charge < -0.3 is 4.74 Å². The predicted octanol–water partition coefficient (Wildman–Crippen LogP) is 4.61. The number of aromatic nitrogens is 2. The van der Waals surface area contributed by atoms with Crippen LogP contribution in [0.1, 0.15) is 0 Å². The van der Waals surface area contributed by atoms with Gasteiger partial charge in [-0.15, -0.1) is 11.3 Å². The second-order valence-corrected chi connectivity index (χ2v) is 5.20. The standard InChI is InChI=1S/C13H7ClF2N2OS/c14-11-10-8(5-6-17-11)18-12(20-10)7-3-1-2-4-9(7)19-13(15)16/h1-6,13H. The number of para-hydroxylation sites is 1. The van der Waals surface area contributed by atoms with Crippen molar-refractivity contribution < 1.29 is 13.5 Å². The van der Waals surface area contributed by atoms with Gasteiger partial charge >= 0.3 is 6.61 Å². The van der Waals surface area contributed by atoms with Crippen LogP contribution in [0.5, 0.6) is 5.75 Å². The molecule has 3 nitrogen and oxygen atoms in total. The van der Waals surface area contributed by atoms with Gasteiger partial charge in [-0.05, 0) is 18.2 Å². The third-order valence-corrected chi connectivity index (χ3v) is 4.10. The largest absolute Gasteiger partial charge is 0.434 e. The first-order chi connectivity index (χ1) is 9.65. The quantitative estimate of drug-likeness (QED) is 0.662. The molecule has 7 heteroatoms. The molecule has 20 heavy (non-hydrogen) atoms. The summed E-state index contributed by atoms with van der Waals surface area (Å²) in [5.74, 6) is 0.0886. The minimum absolute atomic E-state index is 0.0886. The zero-order valence-corrected chi connectivity index (χ0v) is 11.5. The molecule has 3 aromatic rings. The molecule has 0 amide bonds. The van der Waals surface area contributed by atoms with E-state index in [0.717, 1.165) is 4.70 Å². The van der Waals surface area contributed by atoms with E-state index in [2.05, 4.69) is 14.7 Å². The van der Waals surface area contributed by atoms with Crippen LogP contribution in [0.25, 0.3) is 20.8 Å². The van der Waals surface area contributed by atoms with Crippen LogP contribution in [0.3, 0.4) is 0 Å². The van der Waals surface area contributed by atoms with Crippen molar-refractivity contribution in [1.82, 2.24) is 9.97 Å². The van der Waals surface area contributed by atoms with Crippen LogP contribution in [0.2, 0.25) is 5.15 Å². The molecular weight excluding hydrogens is 306 g/mol. The molecule has 1 aromatic carbocycles. The maximum Gasteiger partial charge on any atom is 0.387 e. The summed E-state index contributed by atoms with van der Waals surface area (Å²) in [6, 6.07) is 8.24. The minimum atomic E-state index is -2.88. The van der Waals surface area contributed by atoms with Gasteiger partial charge in [-0.2, -0.15) is 8.78 Å². The molecule has 0 spiro atoms. The van der Waals surface area contributed by atoms with E-state index >= 15 is 0 Å². The zero-order chi connectivity index (χ0) is 14.1. The lowest BCUT2D eigenvalue weighted by Gasteiger charge is -2.07. The van der Waals surface area contributed by atoms with Crippen molar-refractivity contribution in [3.8, 4) is 16.3 Å². The first kappa shape index (κ1) is 13.2. The van der Waals surface area contributed by atoms with Crippen molar-refractivity contribution in [3.05, 3.63) is 41.7 Å². The second-order valence-electron chi connectivity index (χ2n) is 3.84. The second kappa shape index (κ2) is 5.30. The lowest BCUT2D eigenvalue weighted by atomic mass is 10.2. The number of pyridine rings is 1. The van der Waals surface area contributed by atoms with Crippen molar-refractivity contribution in [2.75, 3.05) is 0 Å². The number of alkyl halides is 2. The minimum Gasteiger partial charge on any atom is -0.434 e. The molecular formula is C13H7ClF2N2OS. The van der Waals surface area contributed by atoms with Gasteiger partial charge in [-0.1, -0.05) is 23.7 Å². The first-order valence-corrected chi connectivity index (χ1v) is 6.80. The highest BCUT2D eigenvalue weighted by Crippen LogP contribution is 2.37. The maximum absolute atomic E-state index is 12.4. The summed E-state index contributed by atoms with van der Waals surface area (Å²) in [7, 11) is 0. The number of benzene rings is 1. The summed E-state index contributed by atoms with van der Waals surface area (Å²) in [5.41, 5.74) is 1.18. The first-order valence-electron chi connectivity index (χ1n) is 5.60. The molecule has 102 valence electrons. The smallest absolute Gasteiger partial charge is 0.387 e. The topological polar surface area (TPSA) is 35.0 Å². The Morgan fingerprint density at radius 2 is 2.00 bits per heavy atom. The van der Waals surface area contributed by atoms with Crippen LogP contribution in [0.15, 0.2) is 36.5 Å². The van der Waals surface area contributed by atoms with Gasteiger partial charge in [-0.3, -0.25) is 0 Å². The van der Waals surface area contributed by atoms with Crippen molar-refractivity contribution in [2.45, 2.75) is 6.61 Å². The predicted molar refractivity (Wildman–Crippen MR) is 74.5 cm³/mol. The monoisotopic (exact) mass is 312 g/mol. The Bertz CT molecular complexity index is 763. The zero-order valence-electron chi connectivity index (χ0n) is 9.89. The van der Waals surface area contributed by atoms with Gasteiger partial charge in [0.25, 0.3) is 0 Å². The number of thiazole rings is 1. The number of ether oxygens (including phenoxy) is 1. The highest BCUT2D eigenvalue weighted by Gasteiger charge is 2.15. The van der Waals surface area contributed by atoms with E-state index < -0.39 is 6.61 Å². The van der Waals surface area contributed by atoms with Crippen LogP contribution < -0.4 is 4.74 Å². The van der Waals surface area contributed by atoms with Crippen molar-refractivity contribution in [3.63, 3.8) is 0 Å². The van der Waals surface area contributed by atoms with E-state index in [0.29, 0.717) is 21.2 Å². The van der Waals surface area contributed by atoms with Crippen LogP contribution in [-0.2, 0) is 0 Å². The summed E-state index contributed by atoms with van der Waals surface area (Å²) < 4.78 is 30.1. The van der Waals surface area contributed by atoms with E-state index in [-0.39, 0.29) is 5.75 Å². The number of nitrogens with zero attached hydrogens (tertiary/aromatic N) is 2. The van der Waals surface area contributed by atoms with E-state index in [1.54, 1.807) is 30.5 Å². The molecule has 3 rings (SSSR count). The van der Waals surface area contributed by atoms with Crippen LogP contribution >= 0.6 is 22.9 Å². The Labute approximate surface area is 121 Å². The van der Waals surface area contributed by atoms with E-state index in [4.69, 9.17) is 11.6 Å². The Balaban J connectivity index is 2.13. The lowest BCUT2D eigenvalue weighted by molar-refractivity contribution is -0.0494. The number of rotatable bonds is 3. The molecule has 0 radical (unpaired) electrons. The Morgan fingerprint density at radius 1 is 1.20 bits per heavy atom. The molecule has 0 fully saturated rings. The SMILES string of the molecule is FC(F)Oc1ccccc1-c1nc2ccnc(Cl)c2s1. The lowest BCUT2D eigenvalue weighted by Crippen LogP contribution is -2.02. The Kier molecular flexibility index (Phi) is 3.50. The number of hydrogen-bond donors (Lipinski definition) is 0. The highest BCUT2D eigenvalue weighted by molar-refractivity contribution is 7.22. The fourth-order valence-electron chi connectivity index (χ4n) is 1.78. The van der Waals surface area contributed by atoms with Gasteiger partial charge in [-0.25, -0.2) is 9.97 Å². The van der Waals surface area contributed by atoms with Crippen molar-refractivity contribution in [2.24, 2.45) is 0 Å². The summed E-state index contributed by atoms with van der Waals surface area (Å²) in [4.78, 5) is 8.35. The van der Waals surface area contributed by atoms with E-state index in [1.807, 2.05) is 0 Å². The number of hydrogen-bond acceptors (Lipinski definition) is 4. The van der Waals surface area contributed by atoms with Gasteiger partial charge in [0.2, 0.25) is 0 Å². The molecule has 0 aliphatic rings. The van der Waals surface area contributed by atoms with Crippen molar-refractivity contribution in [1.29, 1.82) is 0 Å². The van der Waals surface area contributed by atoms with Crippen LogP contribution in [0.4, 0.5) is 8.78 Å². The normalized spacial score (nSPS) is 11.2.